The Morgan fingerprint density at radius 3 is 2.17 bits per heavy atom. The SMILES string of the molecule is CCOC(C(NN)C1CCC(C)CC1)C(C)(C)C. The van der Waals surface area contributed by atoms with E-state index in [0.717, 1.165) is 12.5 Å². The lowest BCUT2D eigenvalue weighted by atomic mass is 9.73. The first-order valence-corrected chi connectivity index (χ1v) is 7.47. The van der Waals surface area contributed by atoms with Crippen LogP contribution < -0.4 is 11.3 Å². The number of hydrogen-bond acceptors (Lipinski definition) is 3. The molecule has 1 saturated carbocycles. The lowest BCUT2D eigenvalue weighted by Crippen LogP contribution is -2.55. The third kappa shape index (κ3) is 4.22. The highest BCUT2D eigenvalue weighted by atomic mass is 16.5. The minimum Gasteiger partial charge on any atom is -0.376 e. The Bertz CT molecular complexity index is 229. The molecule has 2 atom stereocenters. The second kappa shape index (κ2) is 6.88. The first-order chi connectivity index (χ1) is 8.40. The highest BCUT2D eigenvalue weighted by Crippen LogP contribution is 2.36. The molecule has 0 spiro atoms. The van der Waals surface area contributed by atoms with Crippen LogP contribution in [0.3, 0.4) is 0 Å². The zero-order valence-corrected chi connectivity index (χ0v) is 12.8. The molecule has 0 radical (unpaired) electrons. The fourth-order valence-corrected chi connectivity index (χ4v) is 3.19. The summed E-state index contributed by atoms with van der Waals surface area (Å²) < 4.78 is 6.00. The van der Waals surface area contributed by atoms with Crippen LogP contribution in [0.25, 0.3) is 0 Å². The van der Waals surface area contributed by atoms with Gasteiger partial charge in [-0.05, 0) is 37.0 Å². The zero-order valence-electron chi connectivity index (χ0n) is 12.8. The van der Waals surface area contributed by atoms with Crippen LogP contribution in [0.1, 0.15) is 60.3 Å². The molecule has 1 aliphatic carbocycles. The maximum Gasteiger partial charge on any atom is 0.0792 e. The fraction of sp³-hybridized carbons (Fsp3) is 1.00. The molecule has 0 aromatic carbocycles. The molecular weight excluding hydrogens is 224 g/mol. The Hall–Kier alpha value is -0.120. The summed E-state index contributed by atoms with van der Waals surface area (Å²) >= 11 is 0. The Balaban J connectivity index is 2.72. The van der Waals surface area contributed by atoms with E-state index in [9.17, 15) is 0 Å². The van der Waals surface area contributed by atoms with E-state index in [0.29, 0.717) is 5.92 Å². The molecule has 18 heavy (non-hydrogen) atoms. The molecule has 3 N–H and O–H groups in total. The molecule has 0 aromatic rings. The van der Waals surface area contributed by atoms with E-state index in [1.807, 2.05) is 0 Å². The van der Waals surface area contributed by atoms with Crippen LogP contribution in [0.4, 0.5) is 0 Å². The van der Waals surface area contributed by atoms with Crippen LogP contribution in [0, 0.1) is 17.3 Å². The Morgan fingerprint density at radius 1 is 1.22 bits per heavy atom. The summed E-state index contributed by atoms with van der Waals surface area (Å²) in [7, 11) is 0. The fourth-order valence-electron chi connectivity index (χ4n) is 3.19. The average molecular weight is 256 g/mol. The lowest BCUT2D eigenvalue weighted by Gasteiger charge is -2.42. The minimum absolute atomic E-state index is 0.121. The van der Waals surface area contributed by atoms with E-state index >= 15 is 0 Å². The van der Waals surface area contributed by atoms with Gasteiger partial charge in [-0.1, -0.05) is 40.5 Å². The Labute approximate surface area is 113 Å². The van der Waals surface area contributed by atoms with Crippen molar-refractivity contribution in [1.29, 1.82) is 0 Å². The number of hydrazine groups is 1. The van der Waals surface area contributed by atoms with Gasteiger partial charge in [0.1, 0.15) is 0 Å². The van der Waals surface area contributed by atoms with Gasteiger partial charge in [0.2, 0.25) is 0 Å². The standard InChI is InChI=1S/C15H32N2O/c1-6-18-14(15(3,4)5)13(17-16)12-9-7-11(2)8-10-12/h11-14,17H,6-10,16H2,1-5H3. The van der Waals surface area contributed by atoms with E-state index in [2.05, 4.69) is 40.0 Å². The molecule has 1 aliphatic rings. The maximum atomic E-state index is 6.00. The molecule has 108 valence electrons. The molecule has 3 heteroatoms. The lowest BCUT2D eigenvalue weighted by molar-refractivity contribution is -0.0539. The van der Waals surface area contributed by atoms with Crippen molar-refractivity contribution in [2.75, 3.05) is 6.61 Å². The normalized spacial score (nSPS) is 29.0. The first-order valence-electron chi connectivity index (χ1n) is 7.47. The average Bonchev–Trinajstić information content (AvgIpc) is 2.30. The number of rotatable bonds is 5. The van der Waals surface area contributed by atoms with Gasteiger partial charge in [0, 0.05) is 6.61 Å². The van der Waals surface area contributed by atoms with Gasteiger partial charge in [-0.25, -0.2) is 0 Å². The molecule has 0 bridgehead atoms. The molecule has 0 aromatic heterocycles. The predicted molar refractivity (Wildman–Crippen MR) is 77.1 cm³/mol. The predicted octanol–water partition coefficient (Wildman–Crippen LogP) is 3.10. The third-order valence-electron chi connectivity index (χ3n) is 4.29. The quantitative estimate of drug-likeness (QED) is 0.587. The number of nitrogens with two attached hydrogens (primary N) is 1. The highest BCUT2D eigenvalue weighted by Gasteiger charge is 2.38. The van der Waals surface area contributed by atoms with Crippen LogP contribution in [-0.2, 0) is 4.74 Å². The van der Waals surface area contributed by atoms with Crippen molar-refractivity contribution in [2.24, 2.45) is 23.1 Å². The smallest absolute Gasteiger partial charge is 0.0792 e. The monoisotopic (exact) mass is 256 g/mol. The van der Waals surface area contributed by atoms with Crippen LogP contribution in [0.15, 0.2) is 0 Å². The van der Waals surface area contributed by atoms with E-state index in [-0.39, 0.29) is 17.6 Å². The molecule has 1 fully saturated rings. The molecule has 1 rings (SSSR count). The van der Waals surface area contributed by atoms with Gasteiger partial charge in [-0.15, -0.1) is 0 Å². The summed E-state index contributed by atoms with van der Waals surface area (Å²) in [5.74, 6) is 7.37. The van der Waals surface area contributed by atoms with E-state index in [1.54, 1.807) is 0 Å². The molecule has 0 heterocycles. The van der Waals surface area contributed by atoms with Gasteiger partial charge in [0.25, 0.3) is 0 Å². The Morgan fingerprint density at radius 2 is 1.78 bits per heavy atom. The van der Waals surface area contributed by atoms with Crippen molar-refractivity contribution >= 4 is 0 Å². The topological polar surface area (TPSA) is 47.3 Å². The van der Waals surface area contributed by atoms with E-state index in [4.69, 9.17) is 10.6 Å². The van der Waals surface area contributed by atoms with Gasteiger partial charge in [-0.2, -0.15) is 0 Å². The van der Waals surface area contributed by atoms with Gasteiger partial charge in [0.15, 0.2) is 0 Å². The maximum absolute atomic E-state index is 6.00. The zero-order chi connectivity index (χ0) is 13.8. The number of ether oxygens (including phenoxy) is 1. The van der Waals surface area contributed by atoms with Gasteiger partial charge >= 0.3 is 0 Å². The van der Waals surface area contributed by atoms with E-state index in [1.165, 1.54) is 25.7 Å². The van der Waals surface area contributed by atoms with Crippen LogP contribution >= 0.6 is 0 Å². The van der Waals surface area contributed by atoms with Gasteiger partial charge in [0.05, 0.1) is 12.1 Å². The summed E-state index contributed by atoms with van der Waals surface area (Å²) in [5.41, 5.74) is 3.17. The molecular formula is C15H32N2O. The van der Waals surface area contributed by atoms with Crippen molar-refractivity contribution in [2.45, 2.75) is 72.4 Å². The van der Waals surface area contributed by atoms with Crippen LogP contribution in [0.2, 0.25) is 0 Å². The largest absolute Gasteiger partial charge is 0.376 e. The summed E-state index contributed by atoms with van der Waals surface area (Å²) in [6.07, 6.45) is 5.38. The van der Waals surface area contributed by atoms with Gasteiger partial charge in [-0.3, -0.25) is 11.3 Å². The number of nitrogens with one attached hydrogen (secondary N) is 1. The molecule has 0 amide bonds. The first kappa shape index (κ1) is 15.9. The van der Waals surface area contributed by atoms with E-state index < -0.39 is 0 Å². The summed E-state index contributed by atoms with van der Waals surface area (Å²) in [4.78, 5) is 0. The molecule has 3 nitrogen and oxygen atoms in total. The van der Waals surface area contributed by atoms with Gasteiger partial charge < -0.3 is 4.74 Å². The Kier molecular flexibility index (Phi) is 6.09. The van der Waals surface area contributed by atoms with Crippen molar-refractivity contribution in [3.8, 4) is 0 Å². The van der Waals surface area contributed by atoms with Crippen LogP contribution in [0.5, 0.6) is 0 Å². The van der Waals surface area contributed by atoms with Crippen molar-refractivity contribution < 1.29 is 4.74 Å². The highest BCUT2D eigenvalue weighted by molar-refractivity contribution is 4.91. The van der Waals surface area contributed by atoms with Crippen molar-refractivity contribution in [3.05, 3.63) is 0 Å². The van der Waals surface area contributed by atoms with Crippen molar-refractivity contribution in [1.82, 2.24) is 5.43 Å². The molecule has 0 saturated heterocycles. The summed E-state index contributed by atoms with van der Waals surface area (Å²) in [6, 6.07) is 0.275. The molecule has 0 aliphatic heterocycles. The second-order valence-corrected chi connectivity index (χ2v) is 6.95. The third-order valence-corrected chi connectivity index (χ3v) is 4.29. The second-order valence-electron chi connectivity index (χ2n) is 6.95. The number of hydrogen-bond donors (Lipinski definition) is 2. The molecule has 2 unspecified atom stereocenters. The van der Waals surface area contributed by atoms with Crippen LogP contribution in [-0.4, -0.2) is 18.8 Å². The minimum atomic E-state index is 0.121. The van der Waals surface area contributed by atoms with Crippen molar-refractivity contribution in [3.63, 3.8) is 0 Å². The summed E-state index contributed by atoms with van der Waals surface area (Å²) in [6.45, 7) is 11.9. The summed E-state index contributed by atoms with van der Waals surface area (Å²) in [5, 5.41) is 0.